The molecule has 2 unspecified atom stereocenters. The molecular formula is C23H32FN5O. The summed E-state index contributed by atoms with van der Waals surface area (Å²) >= 11 is 0. The van der Waals surface area contributed by atoms with Crippen LogP contribution < -0.4 is 10.6 Å². The first kappa shape index (κ1) is 23.3. The van der Waals surface area contributed by atoms with Crippen molar-refractivity contribution >= 4 is 23.0 Å². The number of halogens is 1. The summed E-state index contributed by atoms with van der Waals surface area (Å²) in [6.07, 6.45) is 3.43. The van der Waals surface area contributed by atoms with Crippen molar-refractivity contribution in [3.8, 4) is 0 Å². The summed E-state index contributed by atoms with van der Waals surface area (Å²) in [4.78, 5) is 14.9. The van der Waals surface area contributed by atoms with Crippen molar-refractivity contribution in [1.82, 2.24) is 15.5 Å². The SMILES string of the molecule is CCC1C/C(=C(/NC)c2ccc(F)cc2)C(=N)C(CC)N1C(=O)C(=N)/C(C)=C\NC. The van der Waals surface area contributed by atoms with Crippen molar-refractivity contribution in [1.29, 1.82) is 10.8 Å². The van der Waals surface area contributed by atoms with Crippen LogP contribution in [0.3, 0.4) is 0 Å². The third-order valence-corrected chi connectivity index (χ3v) is 5.57. The highest BCUT2D eigenvalue weighted by Gasteiger charge is 2.40. The summed E-state index contributed by atoms with van der Waals surface area (Å²) in [5.74, 6) is -0.662. The van der Waals surface area contributed by atoms with Gasteiger partial charge in [-0.3, -0.25) is 10.2 Å². The highest BCUT2D eigenvalue weighted by atomic mass is 19.1. The van der Waals surface area contributed by atoms with E-state index in [4.69, 9.17) is 10.8 Å². The fourth-order valence-electron chi connectivity index (χ4n) is 4.00. The van der Waals surface area contributed by atoms with Crippen molar-refractivity contribution in [3.05, 3.63) is 53.0 Å². The van der Waals surface area contributed by atoms with E-state index in [1.807, 2.05) is 13.8 Å². The lowest BCUT2D eigenvalue weighted by atomic mass is 9.83. The minimum absolute atomic E-state index is 0.0612. The van der Waals surface area contributed by atoms with Crippen molar-refractivity contribution in [2.75, 3.05) is 14.1 Å². The molecule has 0 bridgehead atoms. The van der Waals surface area contributed by atoms with Gasteiger partial charge in [-0.05, 0) is 61.6 Å². The van der Waals surface area contributed by atoms with E-state index < -0.39 is 6.04 Å². The van der Waals surface area contributed by atoms with Gasteiger partial charge in [-0.25, -0.2) is 4.39 Å². The monoisotopic (exact) mass is 413 g/mol. The zero-order valence-electron chi connectivity index (χ0n) is 18.4. The summed E-state index contributed by atoms with van der Waals surface area (Å²) < 4.78 is 13.4. The quantitative estimate of drug-likeness (QED) is 0.514. The largest absolute Gasteiger partial charge is 0.394 e. The Balaban J connectivity index is 2.50. The molecule has 1 aromatic rings. The number of amides is 1. The Morgan fingerprint density at radius 3 is 2.37 bits per heavy atom. The minimum atomic E-state index is -0.419. The average molecular weight is 414 g/mol. The van der Waals surface area contributed by atoms with Crippen molar-refractivity contribution in [2.45, 2.75) is 52.1 Å². The van der Waals surface area contributed by atoms with Gasteiger partial charge in [0.2, 0.25) is 0 Å². The minimum Gasteiger partial charge on any atom is -0.394 e. The Morgan fingerprint density at radius 1 is 1.23 bits per heavy atom. The summed E-state index contributed by atoms with van der Waals surface area (Å²) in [5, 5.41) is 23.3. The van der Waals surface area contributed by atoms with Gasteiger partial charge in [0.25, 0.3) is 5.91 Å². The maximum absolute atomic E-state index is 13.4. The van der Waals surface area contributed by atoms with E-state index in [0.717, 1.165) is 16.8 Å². The first-order chi connectivity index (χ1) is 14.3. The Bertz CT molecular complexity index is 872. The number of rotatable bonds is 7. The fraction of sp³-hybridized carbons (Fsp3) is 0.435. The molecule has 6 nitrogen and oxygen atoms in total. The van der Waals surface area contributed by atoms with Gasteiger partial charge in [0.05, 0.1) is 11.8 Å². The summed E-state index contributed by atoms with van der Waals surface area (Å²) in [7, 11) is 3.52. The second kappa shape index (κ2) is 10.2. The average Bonchev–Trinajstić information content (AvgIpc) is 2.75. The van der Waals surface area contributed by atoms with Gasteiger partial charge in [0, 0.05) is 37.6 Å². The van der Waals surface area contributed by atoms with Crippen LogP contribution in [0.5, 0.6) is 0 Å². The molecule has 0 aliphatic carbocycles. The van der Waals surface area contributed by atoms with Crippen LogP contribution in [0, 0.1) is 16.6 Å². The summed E-state index contributed by atoms with van der Waals surface area (Å²) in [6, 6.07) is 5.66. The van der Waals surface area contributed by atoms with Crippen molar-refractivity contribution in [2.24, 2.45) is 0 Å². The maximum atomic E-state index is 13.4. The number of hydrogen-bond donors (Lipinski definition) is 4. The molecule has 1 saturated heterocycles. The van der Waals surface area contributed by atoms with Crippen LogP contribution in [-0.2, 0) is 4.79 Å². The Labute approximate surface area is 178 Å². The fourth-order valence-corrected chi connectivity index (χ4v) is 4.00. The number of piperidine rings is 1. The number of carbonyl (C=O) groups is 1. The molecule has 0 radical (unpaired) electrons. The van der Waals surface area contributed by atoms with E-state index >= 15 is 0 Å². The number of benzene rings is 1. The van der Waals surface area contributed by atoms with Gasteiger partial charge in [-0.2, -0.15) is 0 Å². The highest BCUT2D eigenvalue weighted by Crippen LogP contribution is 2.33. The van der Waals surface area contributed by atoms with Crippen LogP contribution in [0.25, 0.3) is 5.70 Å². The molecule has 2 atom stereocenters. The summed E-state index contributed by atoms with van der Waals surface area (Å²) in [6.45, 7) is 5.69. The van der Waals surface area contributed by atoms with Gasteiger partial charge in [0.15, 0.2) is 0 Å². The molecule has 4 N–H and O–H groups in total. The van der Waals surface area contributed by atoms with Crippen molar-refractivity contribution in [3.63, 3.8) is 0 Å². The smallest absolute Gasteiger partial charge is 0.272 e. The highest BCUT2D eigenvalue weighted by molar-refractivity contribution is 6.44. The molecule has 1 fully saturated rings. The van der Waals surface area contributed by atoms with Gasteiger partial charge in [-0.15, -0.1) is 0 Å². The van der Waals surface area contributed by atoms with Crippen LogP contribution >= 0.6 is 0 Å². The molecule has 162 valence electrons. The van der Waals surface area contributed by atoms with Crippen LogP contribution in [0.1, 0.15) is 45.6 Å². The standard InChI is InChI=1S/C23H32FN5O/c1-6-17-12-18(22(28-5)15-8-10-16(24)11-9-15)21(26)19(7-2)29(17)23(30)20(25)14(3)13-27-4/h8-11,13,17,19,25-28H,6-7,12H2,1-5H3/b14-13-,22-18-,25-20?,26-21?. The second-order valence-corrected chi connectivity index (χ2v) is 7.42. The Kier molecular flexibility index (Phi) is 7.92. The predicted molar refractivity (Wildman–Crippen MR) is 120 cm³/mol. The molecular weight excluding hydrogens is 381 g/mol. The maximum Gasteiger partial charge on any atom is 0.272 e. The predicted octanol–water partition coefficient (Wildman–Crippen LogP) is 3.71. The Morgan fingerprint density at radius 2 is 1.87 bits per heavy atom. The third kappa shape index (κ3) is 4.61. The lowest BCUT2D eigenvalue weighted by molar-refractivity contribution is -0.128. The number of nitrogens with one attached hydrogen (secondary N) is 4. The summed E-state index contributed by atoms with van der Waals surface area (Å²) in [5.41, 5.74) is 3.29. The molecule has 7 heteroatoms. The zero-order chi connectivity index (χ0) is 22.4. The zero-order valence-corrected chi connectivity index (χ0v) is 18.4. The molecule has 0 spiro atoms. The van der Waals surface area contributed by atoms with Gasteiger partial charge in [0.1, 0.15) is 11.5 Å². The van der Waals surface area contributed by atoms with Crippen molar-refractivity contribution < 1.29 is 9.18 Å². The van der Waals surface area contributed by atoms with Gasteiger partial charge in [-0.1, -0.05) is 13.8 Å². The van der Waals surface area contributed by atoms with E-state index in [-0.39, 0.29) is 23.5 Å². The molecule has 1 aliphatic heterocycles. The van der Waals surface area contributed by atoms with E-state index in [9.17, 15) is 9.18 Å². The normalized spacial score (nSPS) is 21.3. The number of likely N-dealkylation sites (tertiary alicyclic amines) is 1. The Hall–Kier alpha value is -2.96. The van der Waals surface area contributed by atoms with Crippen LogP contribution in [0.2, 0.25) is 0 Å². The van der Waals surface area contributed by atoms with Crippen LogP contribution in [-0.4, -0.2) is 48.4 Å². The van der Waals surface area contributed by atoms with E-state index in [2.05, 4.69) is 10.6 Å². The first-order valence-electron chi connectivity index (χ1n) is 10.3. The van der Waals surface area contributed by atoms with Crippen LogP contribution in [0.15, 0.2) is 41.6 Å². The topological polar surface area (TPSA) is 92.1 Å². The van der Waals surface area contributed by atoms with E-state index in [1.165, 1.54) is 12.1 Å². The van der Waals surface area contributed by atoms with Gasteiger partial charge < -0.3 is 20.9 Å². The van der Waals surface area contributed by atoms with E-state index in [1.54, 1.807) is 44.3 Å². The molecule has 1 aliphatic rings. The molecule has 1 amide bonds. The number of hydrogen-bond acceptors (Lipinski definition) is 5. The molecule has 0 saturated carbocycles. The van der Waals surface area contributed by atoms with Crippen LogP contribution in [0.4, 0.5) is 4.39 Å². The molecule has 0 aromatic heterocycles. The third-order valence-electron chi connectivity index (χ3n) is 5.57. The lowest BCUT2D eigenvalue weighted by Gasteiger charge is -2.44. The number of nitrogens with zero attached hydrogens (tertiary/aromatic N) is 1. The van der Waals surface area contributed by atoms with E-state index in [0.29, 0.717) is 30.5 Å². The molecule has 30 heavy (non-hydrogen) atoms. The lowest BCUT2D eigenvalue weighted by Crippen LogP contribution is -2.56. The first-order valence-corrected chi connectivity index (χ1v) is 10.3. The molecule has 2 rings (SSSR count). The molecule has 1 aromatic carbocycles. The van der Waals surface area contributed by atoms with Gasteiger partial charge >= 0.3 is 0 Å². The second-order valence-electron chi connectivity index (χ2n) is 7.42. The molecule has 1 heterocycles. The number of carbonyl (C=O) groups excluding carboxylic acids is 1.